The van der Waals surface area contributed by atoms with E-state index in [2.05, 4.69) is 15.5 Å². The predicted molar refractivity (Wildman–Crippen MR) is 104 cm³/mol. The van der Waals surface area contributed by atoms with Crippen LogP contribution in [0.5, 0.6) is 5.75 Å². The normalized spacial score (nSPS) is 10.6. The van der Waals surface area contributed by atoms with Crippen LogP contribution in [0.1, 0.15) is 27.0 Å². The van der Waals surface area contributed by atoms with Crippen LogP contribution in [0.15, 0.2) is 47.3 Å². The van der Waals surface area contributed by atoms with Gasteiger partial charge in [-0.2, -0.15) is 5.10 Å². The van der Waals surface area contributed by atoms with E-state index in [1.54, 1.807) is 50.2 Å². The number of aryl methyl sites for hydroxylation is 2. The number of hydrogen-bond acceptors (Lipinski definition) is 4. The molecule has 27 heavy (non-hydrogen) atoms. The summed E-state index contributed by atoms with van der Waals surface area (Å²) in [5.41, 5.74) is 2.78. The lowest BCUT2D eigenvalue weighted by Gasteiger charge is -2.09. The van der Waals surface area contributed by atoms with Crippen molar-refractivity contribution in [2.24, 2.45) is 0 Å². The zero-order valence-electron chi connectivity index (χ0n) is 14.8. The Labute approximate surface area is 160 Å². The fourth-order valence-electron chi connectivity index (χ4n) is 2.71. The van der Waals surface area contributed by atoms with E-state index in [0.29, 0.717) is 27.4 Å². The molecule has 0 saturated carbocycles. The van der Waals surface area contributed by atoms with Crippen LogP contribution in [0, 0.1) is 13.8 Å². The Morgan fingerprint density at radius 2 is 1.78 bits per heavy atom. The van der Waals surface area contributed by atoms with Gasteiger partial charge in [0, 0.05) is 17.1 Å². The van der Waals surface area contributed by atoms with Crippen molar-refractivity contribution in [2.75, 3.05) is 0 Å². The second kappa shape index (κ2) is 7.63. The predicted octanol–water partition coefficient (Wildman–Crippen LogP) is 3.34. The zero-order valence-corrected chi connectivity index (χ0v) is 15.6. The molecule has 0 radical (unpaired) electrons. The van der Waals surface area contributed by atoms with Crippen molar-refractivity contribution in [3.05, 3.63) is 80.1 Å². The Balaban J connectivity index is 1.85. The third-order valence-corrected chi connectivity index (χ3v) is 4.45. The topological polar surface area (TPSA) is 95.1 Å². The van der Waals surface area contributed by atoms with Gasteiger partial charge in [-0.1, -0.05) is 23.7 Å². The molecule has 0 aliphatic carbocycles. The molecule has 0 atom stereocenters. The van der Waals surface area contributed by atoms with E-state index < -0.39 is 11.5 Å². The minimum absolute atomic E-state index is 0.0302. The van der Waals surface area contributed by atoms with Crippen LogP contribution < -0.4 is 10.9 Å². The number of amides is 1. The molecule has 2 aromatic carbocycles. The summed E-state index contributed by atoms with van der Waals surface area (Å²) in [6.45, 7) is 3.82. The average Bonchev–Trinajstić information content (AvgIpc) is 2.65. The number of aromatic amines is 1. The van der Waals surface area contributed by atoms with Crippen molar-refractivity contribution in [1.29, 1.82) is 0 Å². The van der Waals surface area contributed by atoms with Crippen molar-refractivity contribution < 1.29 is 9.90 Å². The van der Waals surface area contributed by atoms with Crippen LogP contribution in [-0.2, 0) is 6.54 Å². The van der Waals surface area contributed by atoms with Crippen molar-refractivity contribution in [3.8, 4) is 17.0 Å². The van der Waals surface area contributed by atoms with Gasteiger partial charge in [0.1, 0.15) is 11.3 Å². The Morgan fingerprint density at radius 3 is 2.41 bits per heavy atom. The summed E-state index contributed by atoms with van der Waals surface area (Å²) in [4.78, 5) is 24.5. The maximum atomic E-state index is 12.5. The number of carbonyl (C=O) groups excluding carboxylic acids is 1. The quantitative estimate of drug-likeness (QED) is 0.643. The fourth-order valence-corrected chi connectivity index (χ4v) is 2.83. The van der Waals surface area contributed by atoms with Crippen LogP contribution >= 0.6 is 11.6 Å². The molecule has 138 valence electrons. The largest absolute Gasteiger partial charge is 0.507 e. The van der Waals surface area contributed by atoms with Crippen molar-refractivity contribution in [3.63, 3.8) is 0 Å². The minimum atomic E-state index is -0.570. The third-order valence-electron chi connectivity index (χ3n) is 4.20. The summed E-state index contributed by atoms with van der Waals surface area (Å²) in [5.74, 6) is -0.286. The van der Waals surface area contributed by atoms with E-state index >= 15 is 0 Å². The van der Waals surface area contributed by atoms with Gasteiger partial charge < -0.3 is 10.4 Å². The molecule has 3 rings (SSSR count). The molecule has 6 nitrogen and oxygen atoms in total. The number of H-pyrrole nitrogens is 1. The molecule has 0 unspecified atom stereocenters. The van der Waals surface area contributed by atoms with Crippen LogP contribution in [0.4, 0.5) is 0 Å². The first-order valence-corrected chi connectivity index (χ1v) is 8.66. The van der Waals surface area contributed by atoms with E-state index in [-0.39, 0.29) is 17.9 Å². The number of rotatable bonds is 4. The van der Waals surface area contributed by atoms with Crippen molar-refractivity contribution in [2.45, 2.75) is 20.4 Å². The number of benzene rings is 2. The zero-order chi connectivity index (χ0) is 19.6. The van der Waals surface area contributed by atoms with E-state index in [1.165, 1.54) is 6.07 Å². The van der Waals surface area contributed by atoms with Crippen LogP contribution in [0.2, 0.25) is 5.02 Å². The van der Waals surface area contributed by atoms with Crippen molar-refractivity contribution in [1.82, 2.24) is 15.5 Å². The highest BCUT2D eigenvalue weighted by atomic mass is 35.5. The lowest BCUT2D eigenvalue weighted by Crippen LogP contribution is -2.29. The molecule has 3 aromatic rings. The summed E-state index contributed by atoms with van der Waals surface area (Å²) in [6.07, 6.45) is 0. The van der Waals surface area contributed by atoms with Crippen molar-refractivity contribution >= 4 is 17.5 Å². The van der Waals surface area contributed by atoms with E-state index in [0.717, 1.165) is 5.56 Å². The minimum Gasteiger partial charge on any atom is -0.507 e. The summed E-state index contributed by atoms with van der Waals surface area (Å²) < 4.78 is 0. The van der Waals surface area contributed by atoms with Gasteiger partial charge in [0.2, 0.25) is 0 Å². The molecule has 1 aromatic heterocycles. The number of halogens is 1. The smallest absolute Gasteiger partial charge is 0.277 e. The second-order valence-corrected chi connectivity index (χ2v) is 6.70. The monoisotopic (exact) mass is 383 g/mol. The van der Waals surface area contributed by atoms with Gasteiger partial charge in [0.15, 0.2) is 0 Å². The molecule has 1 heterocycles. The van der Waals surface area contributed by atoms with E-state index in [9.17, 15) is 14.7 Å². The first kappa shape index (κ1) is 18.7. The number of aromatic hydroxyl groups is 1. The summed E-state index contributed by atoms with van der Waals surface area (Å²) in [6, 6.07) is 12.0. The van der Waals surface area contributed by atoms with Crippen LogP contribution in [-0.4, -0.2) is 21.2 Å². The molecule has 0 fully saturated rings. The van der Waals surface area contributed by atoms with Crippen LogP contribution in [0.25, 0.3) is 11.3 Å². The summed E-state index contributed by atoms with van der Waals surface area (Å²) in [7, 11) is 0. The van der Waals surface area contributed by atoms with Crippen LogP contribution in [0.3, 0.4) is 0 Å². The number of phenolic OH excluding ortho intramolecular Hbond substituents is 1. The maximum absolute atomic E-state index is 12.5. The lowest BCUT2D eigenvalue weighted by molar-refractivity contribution is 0.0949. The second-order valence-electron chi connectivity index (χ2n) is 6.26. The van der Waals surface area contributed by atoms with Gasteiger partial charge in [0.25, 0.3) is 11.5 Å². The Bertz CT molecular complexity index is 1040. The van der Waals surface area contributed by atoms with Gasteiger partial charge in [-0.25, -0.2) is 5.10 Å². The number of hydrogen-bond donors (Lipinski definition) is 3. The molecular formula is C20H18ClN3O3. The molecule has 0 aliphatic rings. The molecule has 7 heteroatoms. The third kappa shape index (κ3) is 4.17. The number of nitrogens with zero attached hydrogens (tertiary/aromatic N) is 1. The number of phenols is 1. The highest BCUT2D eigenvalue weighted by Gasteiger charge is 2.14. The van der Waals surface area contributed by atoms with E-state index in [4.69, 9.17) is 11.6 Å². The van der Waals surface area contributed by atoms with Gasteiger partial charge in [-0.05, 0) is 60.9 Å². The van der Waals surface area contributed by atoms with Gasteiger partial charge in [-0.15, -0.1) is 0 Å². The SMILES string of the molecule is Cc1cc(-c2cc(C(=O)NCc3ccc(Cl)cc3)c(=O)[nH]n2)cc(C)c1O. The maximum Gasteiger partial charge on any atom is 0.277 e. The standard InChI is InChI=1S/C20H18ClN3O3/c1-11-7-14(8-12(2)18(11)25)17-9-16(20(27)24-23-17)19(26)22-10-13-3-5-15(21)6-4-13/h3-9,25H,10H2,1-2H3,(H,22,26)(H,24,27). The molecule has 0 saturated heterocycles. The van der Waals surface area contributed by atoms with Gasteiger partial charge in [0.05, 0.1) is 5.69 Å². The summed E-state index contributed by atoms with van der Waals surface area (Å²) in [5, 5.41) is 19.6. The summed E-state index contributed by atoms with van der Waals surface area (Å²) >= 11 is 5.84. The number of carbonyl (C=O) groups is 1. The number of nitrogens with one attached hydrogen (secondary N) is 2. The molecule has 1 amide bonds. The molecule has 0 spiro atoms. The fraction of sp³-hybridized carbons (Fsp3) is 0.150. The Kier molecular flexibility index (Phi) is 5.28. The Hall–Kier alpha value is -3.12. The number of aromatic nitrogens is 2. The highest BCUT2D eigenvalue weighted by molar-refractivity contribution is 6.30. The van der Waals surface area contributed by atoms with Gasteiger partial charge in [-0.3, -0.25) is 9.59 Å². The van der Waals surface area contributed by atoms with Gasteiger partial charge >= 0.3 is 0 Å². The Morgan fingerprint density at radius 1 is 1.15 bits per heavy atom. The highest BCUT2D eigenvalue weighted by Crippen LogP contribution is 2.27. The average molecular weight is 384 g/mol. The molecule has 0 bridgehead atoms. The molecule has 3 N–H and O–H groups in total. The lowest BCUT2D eigenvalue weighted by atomic mass is 10.0. The first-order chi connectivity index (χ1) is 12.8. The first-order valence-electron chi connectivity index (χ1n) is 8.28. The molecule has 0 aliphatic heterocycles. The van der Waals surface area contributed by atoms with E-state index in [1.807, 2.05) is 0 Å². The molecular weight excluding hydrogens is 366 g/mol.